The standard InChI is InChI=1S/C24H27N3O3/c1-30-22-9-5-4-8-19(22)16-10-12-17(13-11-16)23-20(14-25)27(21(23)15-28)24(29)26-18-6-2-3-7-18/h4-5,8-13,18,20-21,23,28H,2-3,6-7,15H2,1H3,(H,26,29)/t20-,21-,23-/m1/s1. The first-order chi connectivity index (χ1) is 14.7. The third-order valence-electron chi connectivity index (χ3n) is 6.36. The molecule has 6 heteroatoms. The van der Waals surface area contributed by atoms with Crippen LogP contribution in [-0.2, 0) is 0 Å². The number of likely N-dealkylation sites (tertiary alicyclic amines) is 1. The molecule has 1 heterocycles. The summed E-state index contributed by atoms with van der Waals surface area (Å²) >= 11 is 0. The van der Waals surface area contributed by atoms with Crippen LogP contribution >= 0.6 is 0 Å². The van der Waals surface area contributed by atoms with Crippen LogP contribution in [0.2, 0.25) is 0 Å². The van der Waals surface area contributed by atoms with Gasteiger partial charge in [-0.3, -0.25) is 0 Å². The van der Waals surface area contributed by atoms with Crippen molar-refractivity contribution < 1.29 is 14.6 Å². The Morgan fingerprint density at radius 1 is 1.20 bits per heavy atom. The summed E-state index contributed by atoms with van der Waals surface area (Å²) in [5.41, 5.74) is 2.96. The molecule has 30 heavy (non-hydrogen) atoms. The van der Waals surface area contributed by atoms with E-state index in [-0.39, 0.29) is 24.6 Å². The summed E-state index contributed by atoms with van der Waals surface area (Å²) in [6.45, 7) is -0.171. The summed E-state index contributed by atoms with van der Waals surface area (Å²) in [6, 6.07) is 17.0. The van der Waals surface area contributed by atoms with Crippen LogP contribution in [0.4, 0.5) is 4.79 Å². The van der Waals surface area contributed by atoms with Gasteiger partial charge in [-0.1, -0.05) is 55.3 Å². The van der Waals surface area contributed by atoms with Crippen LogP contribution in [0.5, 0.6) is 5.75 Å². The van der Waals surface area contributed by atoms with E-state index in [1.165, 1.54) is 4.90 Å². The molecular formula is C24H27N3O3. The Kier molecular flexibility index (Phi) is 5.91. The average molecular weight is 405 g/mol. The topological polar surface area (TPSA) is 85.6 Å². The number of nitrogens with zero attached hydrogens (tertiary/aromatic N) is 2. The number of carbonyl (C=O) groups excluding carboxylic acids is 1. The average Bonchev–Trinajstić information content (AvgIpc) is 3.27. The predicted molar refractivity (Wildman–Crippen MR) is 114 cm³/mol. The molecule has 2 aromatic carbocycles. The number of urea groups is 1. The Hall–Kier alpha value is -3.04. The second-order valence-corrected chi connectivity index (χ2v) is 8.01. The highest BCUT2D eigenvalue weighted by Gasteiger charge is 2.52. The Balaban J connectivity index is 1.53. The van der Waals surface area contributed by atoms with E-state index >= 15 is 0 Å². The second-order valence-electron chi connectivity index (χ2n) is 8.01. The van der Waals surface area contributed by atoms with Gasteiger partial charge < -0.3 is 20.1 Å². The molecule has 2 fully saturated rings. The maximum atomic E-state index is 12.7. The number of aliphatic hydroxyl groups is 1. The molecule has 0 bridgehead atoms. The number of hydrogen-bond donors (Lipinski definition) is 2. The van der Waals surface area contributed by atoms with Gasteiger partial charge in [-0.15, -0.1) is 0 Å². The molecule has 1 saturated heterocycles. The lowest BCUT2D eigenvalue weighted by molar-refractivity contribution is 0.0158. The van der Waals surface area contributed by atoms with Gasteiger partial charge in [-0.2, -0.15) is 5.26 Å². The van der Waals surface area contributed by atoms with Gasteiger partial charge in [-0.05, 0) is 30.0 Å². The van der Waals surface area contributed by atoms with Crippen LogP contribution in [0.3, 0.4) is 0 Å². The molecule has 0 aromatic heterocycles. The van der Waals surface area contributed by atoms with Crippen LogP contribution in [0.25, 0.3) is 11.1 Å². The van der Waals surface area contributed by atoms with E-state index in [0.29, 0.717) is 0 Å². The van der Waals surface area contributed by atoms with E-state index in [1.807, 2.05) is 48.5 Å². The van der Waals surface area contributed by atoms with Crippen molar-refractivity contribution in [1.29, 1.82) is 5.26 Å². The van der Waals surface area contributed by atoms with Crippen molar-refractivity contribution in [2.45, 2.75) is 49.7 Å². The van der Waals surface area contributed by atoms with E-state index < -0.39 is 12.1 Å². The van der Waals surface area contributed by atoms with Crippen molar-refractivity contribution in [1.82, 2.24) is 10.2 Å². The van der Waals surface area contributed by atoms with E-state index in [2.05, 4.69) is 11.4 Å². The molecule has 2 aliphatic rings. The number of carbonyl (C=O) groups is 1. The smallest absolute Gasteiger partial charge is 0.319 e. The van der Waals surface area contributed by atoms with Crippen molar-refractivity contribution in [3.63, 3.8) is 0 Å². The predicted octanol–water partition coefficient (Wildman–Crippen LogP) is 3.67. The number of para-hydroxylation sites is 1. The summed E-state index contributed by atoms with van der Waals surface area (Å²) in [6.07, 6.45) is 4.21. The number of amides is 2. The Labute approximate surface area is 177 Å². The van der Waals surface area contributed by atoms with Gasteiger partial charge in [0.2, 0.25) is 0 Å². The molecule has 0 unspecified atom stereocenters. The summed E-state index contributed by atoms with van der Waals surface area (Å²) in [4.78, 5) is 14.3. The molecule has 2 N–H and O–H groups in total. The van der Waals surface area contributed by atoms with E-state index in [4.69, 9.17) is 4.74 Å². The molecule has 0 spiro atoms. The zero-order valence-corrected chi connectivity index (χ0v) is 17.1. The summed E-state index contributed by atoms with van der Waals surface area (Å²) in [5, 5.41) is 22.7. The molecule has 1 aliphatic carbocycles. The quantitative estimate of drug-likeness (QED) is 0.795. The molecule has 1 saturated carbocycles. The Morgan fingerprint density at radius 2 is 1.90 bits per heavy atom. The van der Waals surface area contributed by atoms with Gasteiger partial charge in [0, 0.05) is 17.5 Å². The molecule has 1 aliphatic heterocycles. The van der Waals surface area contributed by atoms with Gasteiger partial charge in [0.1, 0.15) is 11.8 Å². The molecule has 3 atom stereocenters. The number of methoxy groups -OCH3 is 1. The fraction of sp³-hybridized carbons (Fsp3) is 0.417. The lowest BCUT2D eigenvalue weighted by Gasteiger charge is -2.51. The van der Waals surface area contributed by atoms with Crippen LogP contribution in [0, 0.1) is 11.3 Å². The van der Waals surface area contributed by atoms with E-state index in [9.17, 15) is 15.2 Å². The second kappa shape index (κ2) is 8.76. The number of nitrogens with one attached hydrogen (secondary N) is 1. The normalized spacial score (nSPS) is 23.5. The number of hydrogen-bond acceptors (Lipinski definition) is 4. The van der Waals surface area contributed by atoms with Crippen LogP contribution < -0.4 is 10.1 Å². The van der Waals surface area contributed by atoms with Crippen molar-refractivity contribution >= 4 is 6.03 Å². The largest absolute Gasteiger partial charge is 0.496 e. The summed E-state index contributed by atoms with van der Waals surface area (Å²) in [7, 11) is 1.65. The number of aliphatic hydroxyl groups excluding tert-OH is 1. The monoisotopic (exact) mass is 405 g/mol. The van der Waals surface area contributed by atoms with E-state index in [0.717, 1.165) is 48.1 Å². The molecule has 0 radical (unpaired) electrons. The van der Waals surface area contributed by atoms with Gasteiger partial charge in [0.25, 0.3) is 0 Å². The fourth-order valence-electron chi connectivity index (χ4n) is 4.77. The molecule has 2 aromatic rings. The number of benzene rings is 2. The summed E-state index contributed by atoms with van der Waals surface area (Å²) in [5.74, 6) is 0.591. The lowest BCUT2D eigenvalue weighted by Crippen LogP contribution is -2.67. The Bertz CT molecular complexity index is 931. The van der Waals surface area contributed by atoms with Crippen molar-refractivity contribution in [2.24, 2.45) is 0 Å². The zero-order valence-electron chi connectivity index (χ0n) is 17.1. The minimum absolute atomic E-state index is 0.171. The SMILES string of the molecule is COc1ccccc1-c1ccc([C@@H]2[C@@H](C#N)N(C(=O)NC3CCCC3)[C@@H]2CO)cc1. The van der Waals surface area contributed by atoms with Crippen molar-refractivity contribution in [3.8, 4) is 22.9 Å². The lowest BCUT2D eigenvalue weighted by atomic mass is 9.75. The third kappa shape index (κ3) is 3.61. The first kappa shape index (κ1) is 20.2. The zero-order chi connectivity index (χ0) is 21.1. The van der Waals surface area contributed by atoms with E-state index in [1.54, 1.807) is 7.11 Å². The highest BCUT2D eigenvalue weighted by atomic mass is 16.5. The molecule has 4 rings (SSSR count). The minimum atomic E-state index is -0.583. The highest BCUT2D eigenvalue weighted by Crippen LogP contribution is 2.41. The molecule has 156 valence electrons. The van der Waals surface area contributed by atoms with Crippen LogP contribution in [-0.4, -0.2) is 47.9 Å². The van der Waals surface area contributed by atoms with Crippen molar-refractivity contribution in [3.05, 3.63) is 54.1 Å². The highest BCUT2D eigenvalue weighted by molar-refractivity contribution is 5.78. The minimum Gasteiger partial charge on any atom is -0.496 e. The Morgan fingerprint density at radius 3 is 2.53 bits per heavy atom. The van der Waals surface area contributed by atoms with Gasteiger partial charge in [-0.25, -0.2) is 4.79 Å². The summed E-state index contributed by atoms with van der Waals surface area (Å²) < 4.78 is 5.45. The molecule has 6 nitrogen and oxygen atoms in total. The number of rotatable bonds is 5. The number of ether oxygens (including phenoxy) is 1. The maximum Gasteiger partial charge on any atom is 0.319 e. The molecular weight excluding hydrogens is 378 g/mol. The maximum absolute atomic E-state index is 12.7. The van der Waals surface area contributed by atoms with Crippen LogP contribution in [0.1, 0.15) is 37.2 Å². The van der Waals surface area contributed by atoms with Gasteiger partial charge in [0.05, 0.1) is 25.8 Å². The molecule has 2 amide bonds. The first-order valence-corrected chi connectivity index (χ1v) is 10.5. The fourth-order valence-corrected chi connectivity index (χ4v) is 4.77. The number of nitriles is 1. The van der Waals surface area contributed by atoms with Gasteiger partial charge in [0.15, 0.2) is 0 Å². The van der Waals surface area contributed by atoms with Crippen molar-refractivity contribution in [2.75, 3.05) is 13.7 Å². The van der Waals surface area contributed by atoms with Gasteiger partial charge >= 0.3 is 6.03 Å². The van der Waals surface area contributed by atoms with Crippen LogP contribution in [0.15, 0.2) is 48.5 Å². The first-order valence-electron chi connectivity index (χ1n) is 10.5. The third-order valence-corrected chi connectivity index (χ3v) is 6.36.